The van der Waals surface area contributed by atoms with Crippen LogP contribution in [0.3, 0.4) is 0 Å². The molecule has 1 N–H and O–H groups in total. The average Bonchev–Trinajstić information content (AvgIpc) is 3.31. The van der Waals surface area contributed by atoms with Crippen molar-refractivity contribution in [1.29, 1.82) is 0 Å². The summed E-state index contributed by atoms with van der Waals surface area (Å²) in [7, 11) is 0. The summed E-state index contributed by atoms with van der Waals surface area (Å²) in [5, 5.41) is 11.5. The van der Waals surface area contributed by atoms with Crippen molar-refractivity contribution in [2.75, 3.05) is 13.2 Å². The number of carbonyl (C=O) groups excluding carboxylic acids is 2. The minimum Gasteiger partial charge on any atom is -0.507 e. The lowest BCUT2D eigenvalue weighted by Crippen LogP contribution is -2.36. The summed E-state index contributed by atoms with van der Waals surface area (Å²) in [5.74, 6) is -1.51. The molecule has 2 aliphatic rings. The van der Waals surface area contributed by atoms with E-state index in [4.69, 9.17) is 16.3 Å². The Bertz CT molecular complexity index is 965. The minimum absolute atomic E-state index is 0.0811. The highest BCUT2D eigenvalue weighted by Crippen LogP contribution is 2.40. The number of nitrogens with zero attached hydrogens (tertiary/aromatic N) is 1. The zero-order chi connectivity index (χ0) is 20.5. The van der Waals surface area contributed by atoms with Gasteiger partial charge in [-0.1, -0.05) is 51.8 Å². The molecule has 2 atom stereocenters. The highest BCUT2D eigenvalue weighted by atomic mass is 79.9. The highest BCUT2D eigenvalue weighted by molar-refractivity contribution is 9.10. The second-order valence-electron chi connectivity index (χ2n) is 7.14. The van der Waals surface area contributed by atoms with Crippen molar-refractivity contribution >= 4 is 45.0 Å². The maximum Gasteiger partial charge on any atom is 0.295 e. The molecule has 0 aromatic heterocycles. The molecular weight excluding hydrogens is 458 g/mol. The standard InChI is InChI=1S/C22H19BrClNO4/c23-15-7-3-14(4-8-15)20(26)18-19(13-5-9-16(24)10-6-13)25(22(28)21(18)27)12-17-2-1-11-29-17/h3-10,17,19,26H,1-2,11-12H2/t17-,19-/m1/s1. The molecule has 2 heterocycles. The summed E-state index contributed by atoms with van der Waals surface area (Å²) < 4.78 is 6.53. The van der Waals surface area contributed by atoms with Gasteiger partial charge >= 0.3 is 0 Å². The van der Waals surface area contributed by atoms with Gasteiger partial charge in [-0.15, -0.1) is 0 Å². The first-order valence-corrected chi connectivity index (χ1v) is 10.5. The maximum atomic E-state index is 12.9. The fourth-order valence-corrected chi connectivity index (χ4v) is 4.22. The lowest BCUT2D eigenvalue weighted by Gasteiger charge is -2.27. The van der Waals surface area contributed by atoms with Crippen molar-refractivity contribution < 1.29 is 19.4 Å². The van der Waals surface area contributed by atoms with Crippen LogP contribution in [0.4, 0.5) is 0 Å². The molecule has 0 bridgehead atoms. The zero-order valence-electron chi connectivity index (χ0n) is 15.5. The Morgan fingerprint density at radius 2 is 1.83 bits per heavy atom. The van der Waals surface area contributed by atoms with Crippen LogP contribution in [0.2, 0.25) is 5.02 Å². The fourth-order valence-electron chi connectivity index (χ4n) is 3.83. The van der Waals surface area contributed by atoms with Crippen LogP contribution >= 0.6 is 27.5 Å². The lowest BCUT2D eigenvalue weighted by molar-refractivity contribution is -0.140. The monoisotopic (exact) mass is 475 g/mol. The van der Waals surface area contributed by atoms with Gasteiger partial charge < -0.3 is 14.7 Å². The Kier molecular flexibility index (Phi) is 5.76. The number of rotatable bonds is 4. The SMILES string of the molecule is O=C1C(=O)N(C[C@H]2CCCO2)[C@H](c2ccc(Cl)cc2)C1=C(O)c1ccc(Br)cc1. The summed E-state index contributed by atoms with van der Waals surface area (Å²) in [5.41, 5.74) is 1.27. The first kappa shape index (κ1) is 20.1. The number of aliphatic hydroxyl groups is 1. The van der Waals surface area contributed by atoms with Gasteiger partial charge in [0.05, 0.1) is 17.7 Å². The van der Waals surface area contributed by atoms with E-state index in [2.05, 4.69) is 15.9 Å². The summed E-state index contributed by atoms with van der Waals surface area (Å²) in [4.78, 5) is 27.3. The van der Waals surface area contributed by atoms with E-state index in [-0.39, 0.29) is 17.4 Å². The van der Waals surface area contributed by atoms with Gasteiger partial charge in [0.1, 0.15) is 5.76 Å². The Morgan fingerprint density at radius 1 is 1.14 bits per heavy atom. The third-order valence-electron chi connectivity index (χ3n) is 5.27. The topological polar surface area (TPSA) is 66.8 Å². The Labute approximate surface area is 182 Å². The van der Waals surface area contributed by atoms with Crippen molar-refractivity contribution in [2.45, 2.75) is 25.0 Å². The number of halogens is 2. The van der Waals surface area contributed by atoms with Crippen LogP contribution in [0.5, 0.6) is 0 Å². The molecule has 150 valence electrons. The highest BCUT2D eigenvalue weighted by Gasteiger charge is 2.47. The molecule has 2 saturated heterocycles. The second kappa shape index (κ2) is 8.30. The van der Waals surface area contributed by atoms with Crippen LogP contribution in [0.25, 0.3) is 5.76 Å². The number of carbonyl (C=O) groups is 2. The molecule has 2 aromatic rings. The molecule has 1 amide bonds. The van der Waals surface area contributed by atoms with E-state index in [1.54, 1.807) is 48.5 Å². The summed E-state index contributed by atoms with van der Waals surface area (Å²) in [6, 6.07) is 13.2. The number of ether oxygens (including phenoxy) is 1. The lowest BCUT2D eigenvalue weighted by atomic mass is 9.95. The van der Waals surface area contributed by atoms with Gasteiger partial charge in [-0.25, -0.2) is 0 Å². The molecule has 0 radical (unpaired) electrons. The number of benzene rings is 2. The normalized spacial score (nSPS) is 23.7. The second-order valence-corrected chi connectivity index (χ2v) is 8.50. The van der Waals surface area contributed by atoms with Gasteiger partial charge in [-0.2, -0.15) is 0 Å². The summed E-state index contributed by atoms with van der Waals surface area (Å²) in [6.45, 7) is 0.952. The van der Waals surface area contributed by atoms with Gasteiger partial charge in [-0.3, -0.25) is 9.59 Å². The van der Waals surface area contributed by atoms with Crippen LogP contribution in [0, 0.1) is 0 Å². The molecule has 7 heteroatoms. The third-order valence-corrected chi connectivity index (χ3v) is 6.05. The Balaban J connectivity index is 1.81. The van der Waals surface area contributed by atoms with Crippen molar-refractivity contribution in [3.63, 3.8) is 0 Å². The quantitative estimate of drug-likeness (QED) is 0.394. The van der Waals surface area contributed by atoms with Gasteiger partial charge in [0, 0.05) is 28.2 Å². The molecule has 0 unspecified atom stereocenters. The predicted molar refractivity (Wildman–Crippen MR) is 114 cm³/mol. The maximum absolute atomic E-state index is 12.9. The van der Waals surface area contributed by atoms with Crippen molar-refractivity contribution in [3.05, 3.63) is 74.7 Å². The number of hydrogen-bond donors (Lipinski definition) is 1. The van der Waals surface area contributed by atoms with Gasteiger partial charge in [0.25, 0.3) is 11.7 Å². The molecule has 5 nitrogen and oxygen atoms in total. The van der Waals surface area contributed by atoms with Gasteiger partial charge in [0.2, 0.25) is 0 Å². The van der Waals surface area contributed by atoms with Gasteiger partial charge in [-0.05, 0) is 42.7 Å². The first-order chi connectivity index (χ1) is 14.0. The van der Waals surface area contributed by atoms with E-state index < -0.39 is 17.7 Å². The van der Waals surface area contributed by atoms with E-state index in [1.807, 2.05) is 0 Å². The molecule has 0 saturated carbocycles. The van der Waals surface area contributed by atoms with Crippen molar-refractivity contribution in [3.8, 4) is 0 Å². The number of Topliss-reactive ketones (excluding diaryl/α,β-unsaturated/α-hetero) is 1. The molecule has 2 aliphatic heterocycles. The Hall–Kier alpha value is -2.15. The molecule has 2 fully saturated rings. The van der Waals surface area contributed by atoms with Crippen molar-refractivity contribution in [1.82, 2.24) is 4.90 Å². The van der Waals surface area contributed by atoms with E-state index in [0.29, 0.717) is 29.3 Å². The van der Waals surface area contributed by atoms with E-state index in [0.717, 1.165) is 17.3 Å². The van der Waals surface area contributed by atoms with E-state index in [1.165, 1.54) is 4.90 Å². The number of amides is 1. The number of hydrogen-bond acceptors (Lipinski definition) is 4. The molecule has 2 aromatic carbocycles. The summed E-state index contributed by atoms with van der Waals surface area (Å²) in [6.07, 6.45) is 1.65. The number of aliphatic hydroxyl groups excluding tert-OH is 1. The van der Waals surface area contributed by atoms with Crippen LogP contribution in [-0.2, 0) is 14.3 Å². The molecular formula is C22H19BrClNO4. The first-order valence-electron chi connectivity index (χ1n) is 9.37. The minimum atomic E-state index is -0.694. The smallest absolute Gasteiger partial charge is 0.295 e. The van der Waals surface area contributed by atoms with Crippen molar-refractivity contribution in [2.24, 2.45) is 0 Å². The van der Waals surface area contributed by atoms with E-state index >= 15 is 0 Å². The fraction of sp³-hybridized carbons (Fsp3) is 0.273. The van der Waals surface area contributed by atoms with Crippen LogP contribution in [0.15, 0.2) is 58.6 Å². The molecule has 29 heavy (non-hydrogen) atoms. The summed E-state index contributed by atoms with van der Waals surface area (Å²) >= 11 is 9.39. The molecule has 0 aliphatic carbocycles. The third kappa shape index (κ3) is 3.97. The number of likely N-dealkylation sites (tertiary alicyclic amines) is 1. The van der Waals surface area contributed by atoms with Gasteiger partial charge in [0.15, 0.2) is 0 Å². The average molecular weight is 477 g/mol. The van der Waals surface area contributed by atoms with Crippen LogP contribution in [-0.4, -0.2) is 41.0 Å². The zero-order valence-corrected chi connectivity index (χ0v) is 17.8. The largest absolute Gasteiger partial charge is 0.507 e. The Morgan fingerprint density at radius 3 is 2.45 bits per heavy atom. The number of ketones is 1. The van der Waals surface area contributed by atoms with E-state index in [9.17, 15) is 14.7 Å². The molecule has 4 rings (SSSR count). The molecule has 0 spiro atoms. The predicted octanol–water partition coefficient (Wildman–Crippen LogP) is 4.70. The van der Waals surface area contributed by atoms with Crippen LogP contribution in [0.1, 0.15) is 30.0 Å². The van der Waals surface area contributed by atoms with Crippen LogP contribution < -0.4 is 0 Å².